The van der Waals surface area contributed by atoms with Crippen molar-refractivity contribution in [3.05, 3.63) is 46.7 Å². The van der Waals surface area contributed by atoms with E-state index >= 15 is 0 Å². The minimum atomic E-state index is -0.331. The molecule has 1 heterocycles. The summed E-state index contributed by atoms with van der Waals surface area (Å²) in [6.45, 7) is 0. The monoisotopic (exact) mass is 303 g/mol. The van der Waals surface area contributed by atoms with E-state index in [1.165, 1.54) is 23.5 Å². The Bertz CT molecular complexity index is 867. The molecule has 0 bridgehead atoms. The number of fused-ring (bicyclic) bond motifs is 1. The van der Waals surface area contributed by atoms with Crippen molar-refractivity contribution in [2.45, 2.75) is 0 Å². The van der Waals surface area contributed by atoms with E-state index in [1.807, 2.05) is 6.07 Å². The second-order valence-electron chi connectivity index (χ2n) is 4.16. The molecule has 0 spiro atoms. The number of nitrogen functional groups attached to an aromatic ring is 1. The molecule has 1 aromatic heterocycles. The first kappa shape index (κ1) is 12.9. The van der Waals surface area contributed by atoms with Gasteiger partial charge in [-0.05, 0) is 24.3 Å². The smallest absolute Gasteiger partial charge is 0.125 e. The van der Waals surface area contributed by atoms with E-state index < -0.39 is 0 Å². The van der Waals surface area contributed by atoms with Crippen LogP contribution in [0.25, 0.3) is 20.8 Å². The number of hydrogen-bond donors (Lipinski definition) is 1. The third-order valence-corrected chi connectivity index (χ3v) is 4.24. The number of nitrogens with zero attached hydrogens (tertiary/aromatic N) is 2. The minimum Gasteiger partial charge on any atom is -0.396 e. The SMILES string of the molecule is N#Cc1cc(-c2nc3cc(F)ccc3s2)cc(Cl)c1N. The number of anilines is 1. The summed E-state index contributed by atoms with van der Waals surface area (Å²) < 4.78 is 14.0. The van der Waals surface area contributed by atoms with Crippen LogP contribution in [0, 0.1) is 17.1 Å². The van der Waals surface area contributed by atoms with Crippen LogP contribution in [0.15, 0.2) is 30.3 Å². The molecule has 0 amide bonds. The van der Waals surface area contributed by atoms with Crippen LogP contribution in [0.3, 0.4) is 0 Å². The Kier molecular flexibility index (Phi) is 3.05. The number of rotatable bonds is 1. The van der Waals surface area contributed by atoms with Gasteiger partial charge in [-0.25, -0.2) is 9.37 Å². The topological polar surface area (TPSA) is 62.7 Å². The molecule has 20 heavy (non-hydrogen) atoms. The van der Waals surface area contributed by atoms with Gasteiger partial charge in [-0.3, -0.25) is 0 Å². The van der Waals surface area contributed by atoms with Gasteiger partial charge in [0.25, 0.3) is 0 Å². The lowest BCUT2D eigenvalue weighted by Gasteiger charge is -2.03. The molecule has 0 fully saturated rings. The Balaban J connectivity index is 2.20. The molecule has 0 radical (unpaired) electrons. The molecule has 3 rings (SSSR count). The van der Waals surface area contributed by atoms with Crippen LogP contribution < -0.4 is 5.73 Å². The van der Waals surface area contributed by atoms with E-state index in [0.717, 1.165) is 4.70 Å². The zero-order chi connectivity index (χ0) is 14.3. The van der Waals surface area contributed by atoms with Gasteiger partial charge in [0.2, 0.25) is 0 Å². The number of aromatic nitrogens is 1. The molecule has 0 aliphatic carbocycles. The van der Waals surface area contributed by atoms with E-state index in [9.17, 15) is 4.39 Å². The van der Waals surface area contributed by atoms with E-state index in [1.54, 1.807) is 18.2 Å². The molecule has 98 valence electrons. The number of nitriles is 1. The van der Waals surface area contributed by atoms with Crippen molar-refractivity contribution in [2.24, 2.45) is 0 Å². The maximum atomic E-state index is 13.2. The molecule has 0 aliphatic heterocycles. The molecule has 2 aromatic carbocycles. The normalized spacial score (nSPS) is 10.7. The highest BCUT2D eigenvalue weighted by atomic mass is 35.5. The Labute approximate surface area is 123 Å². The summed E-state index contributed by atoms with van der Waals surface area (Å²) in [4.78, 5) is 4.36. The van der Waals surface area contributed by atoms with E-state index in [4.69, 9.17) is 22.6 Å². The fraction of sp³-hybridized carbons (Fsp3) is 0. The minimum absolute atomic E-state index is 0.255. The highest BCUT2D eigenvalue weighted by molar-refractivity contribution is 7.21. The lowest BCUT2D eigenvalue weighted by molar-refractivity contribution is 0.629. The average molecular weight is 304 g/mol. The first-order chi connectivity index (χ1) is 9.58. The van der Waals surface area contributed by atoms with Gasteiger partial charge in [0, 0.05) is 11.6 Å². The van der Waals surface area contributed by atoms with Crippen molar-refractivity contribution in [2.75, 3.05) is 5.73 Å². The summed E-state index contributed by atoms with van der Waals surface area (Å²) in [5.41, 5.74) is 7.55. The number of nitrogens with two attached hydrogens (primary N) is 1. The zero-order valence-corrected chi connectivity index (χ0v) is 11.6. The van der Waals surface area contributed by atoms with Crippen LogP contribution >= 0.6 is 22.9 Å². The van der Waals surface area contributed by atoms with Crippen molar-refractivity contribution in [3.8, 4) is 16.6 Å². The van der Waals surface area contributed by atoms with E-state index in [2.05, 4.69) is 4.98 Å². The molecule has 0 saturated carbocycles. The molecular formula is C14H7ClFN3S. The maximum absolute atomic E-state index is 13.2. The third kappa shape index (κ3) is 2.09. The molecule has 3 aromatic rings. The van der Waals surface area contributed by atoms with Crippen LogP contribution in [0.4, 0.5) is 10.1 Å². The van der Waals surface area contributed by atoms with Gasteiger partial charge in [0.15, 0.2) is 0 Å². The predicted molar refractivity (Wildman–Crippen MR) is 79.2 cm³/mol. The van der Waals surface area contributed by atoms with Gasteiger partial charge in [-0.2, -0.15) is 5.26 Å². The van der Waals surface area contributed by atoms with Gasteiger partial charge in [-0.1, -0.05) is 11.6 Å². The molecule has 0 aliphatic rings. The summed E-state index contributed by atoms with van der Waals surface area (Å²) in [6, 6.07) is 9.73. The molecule has 0 atom stereocenters. The van der Waals surface area contributed by atoms with Gasteiger partial charge in [-0.15, -0.1) is 11.3 Å². The number of benzene rings is 2. The highest BCUT2D eigenvalue weighted by Gasteiger charge is 2.12. The second-order valence-corrected chi connectivity index (χ2v) is 5.60. The first-order valence-electron chi connectivity index (χ1n) is 5.64. The quantitative estimate of drug-likeness (QED) is 0.685. The van der Waals surface area contributed by atoms with E-state index in [-0.39, 0.29) is 11.5 Å². The van der Waals surface area contributed by atoms with Gasteiger partial charge in [0.1, 0.15) is 16.9 Å². The molecule has 3 nitrogen and oxygen atoms in total. The summed E-state index contributed by atoms with van der Waals surface area (Å²) in [6.07, 6.45) is 0. The van der Waals surface area contributed by atoms with Gasteiger partial charge < -0.3 is 5.73 Å². The third-order valence-electron chi connectivity index (χ3n) is 2.85. The fourth-order valence-corrected chi connectivity index (χ4v) is 3.01. The molecular weight excluding hydrogens is 297 g/mol. The van der Waals surface area contributed by atoms with Crippen molar-refractivity contribution >= 4 is 38.8 Å². The van der Waals surface area contributed by atoms with Crippen molar-refractivity contribution in [3.63, 3.8) is 0 Å². The van der Waals surface area contributed by atoms with Crippen molar-refractivity contribution in [1.29, 1.82) is 5.26 Å². The number of thiazole rings is 1. The van der Waals surface area contributed by atoms with Crippen LogP contribution in [0.2, 0.25) is 5.02 Å². The van der Waals surface area contributed by atoms with E-state index in [0.29, 0.717) is 26.7 Å². The summed E-state index contributed by atoms with van der Waals surface area (Å²) in [7, 11) is 0. The lowest BCUT2D eigenvalue weighted by Crippen LogP contribution is -1.92. The van der Waals surface area contributed by atoms with Crippen LogP contribution in [-0.4, -0.2) is 4.98 Å². The summed E-state index contributed by atoms with van der Waals surface area (Å²) >= 11 is 7.42. The number of hydrogen-bond acceptors (Lipinski definition) is 4. The van der Waals surface area contributed by atoms with Crippen molar-refractivity contribution < 1.29 is 4.39 Å². The first-order valence-corrected chi connectivity index (χ1v) is 6.83. The standard InChI is InChI=1S/C14H7ClFN3S/c15-10-4-7(3-8(6-17)13(10)18)14-19-11-5-9(16)1-2-12(11)20-14/h1-5H,18H2. The van der Waals surface area contributed by atoms with Crippen molar-refractivity contribution in [1.82, 2.24) is 4.98 Å². The molecule has 0 saturated heterocycles. The molecule has 6 heteroatoms. The fourth-order valence-electron chi connectivity index (χ4n) is 1.86. The second kappa shape index (κ2) is 4.75. The van der Waals surface area contributed by atoms with Gasteiger partial charge >= 0.3 is 0 Å². The Morgan fingerprint density at radius 2 is 2.10 bits per heavy atom. The highest BCUT2D eigenvalue weighted by Crippen LogP contribution is 2.34. The molecule has 2 N–H and O–H groups in total. The Morgan fingerprint density at radius 1 is 1.30 bits per heavy atom. The van der Waals surface area contributed by atoms with Gasteiger partial charge in [0.05, 0.1) is 26.5 Å². The Morgan fingerprint density at radius 3 is 2.85 bits per heavy atom. The molecule has 0 unspecified atom stereocenters. The largest absolute Gasteiger partial charge is 0.396 e. The van der Waals surface area contributed by atoms with Crippen LogP contribution in [-0.2, 0) is 0 Å². The number of halogens is 2. The lowest BCUT2D eigenvalue weighted by atomic mass is 10.1. The summed E-state index contributed by atoms with van der Waals surface area (Å²) in [5, 5.41) is 10.0. The average Bonchev–Trinajstić information content (AvgIpc) is 2.84. The zero-order valence-electron chi connectivity index (χ0n) is 10.0. The van der Waals surface area contributed by atoms with Crippen LogP contribution in [0.5, 0.6) is 0 Å². The summed E-state index contributed by atoms with van der Waals surface area (Å²) in [5.74, 6) is -0.331. The maximum Gasteiger partial charge on any atom is 0.125 e. The predicted octanol–water partition coefficient (Wildman–Crippen LogP) is 4.21. The Hall–Kier alpha value is -2.16. The van der Waals surface area contributed by atoms with Crippen LogP contribution in [0.1, 0.15) is 5.56 Å².